The molecular weight excluding hydrogens is 536 g/mol. The molecule has 0 amide bonds. The Morgan fingerprint density at radius 1 is 0.636 bits per heavy atom. The second-order valence-electron chi connectivity index (χ2n) is 11.4. The quantitative estimate of drug-likeness (QED) is 0.170. The van der Waals surface area contributed by atoms with E-state index in [9.17, 15) is 0 Å². The number of hydrazine groups is 1. The average molecular weight is 571 g/mol. The number of aliphatic imine (C=N–C) groups is 2. The first kappa shape index (κ1) is 27.4. The highest BCUT2D eigenvalue weighted by Crippen LogP contribution is 2.47. The maximum atomic E-state index is 5.21. The van der Waals surface area contributed by atoms with Crippen LogP contribution in [0.3, 0.4) is 0 Å². The Morgan fingerprint density at radius 2 is 1.18 bits per heavy atom. The molecule has 0 aromatic heterocycles. The minimum atomic E-state index is -0.157. The van der Waals surface area contributed by atoms with Crippen molar-refractivity contribution in [2.75, 3.05) is 12.1 Å². The Balaban J connectivity index is 1.28. The smallest absolute Gasteiger partial charge is 0.156 e. The van der Waals surface area contributed by atoms with Crippen LogP contribution in [0.5, 0.6) is 0 Å². The van der Waals surface area contributed by atoms with E-state index in [1.54, 1.807) is 7.05 Å². The van der Waals surface area contributed by atoms with Crippen LogP contribution in [0, 0.1) is 0 Å². The third kappa shape index (κ3) is 5.05. The second kappa shape index (κ2) is 11.7. The van der Waals surface area contributed by atoms with Crippen molar-refractivity contribution >= 4 is 17.4 Å². The minimum Gasteiger partial charge on any atom is -0.280 e. The lowest BCUT2D eigenvalue weighted by Crippen LogP contribution is -2.51. The maximum absolute atomic E-state index is 5.21. The first-order valence-corrected chi connectivity index (χ1v) is 15.0. The van der Waals surface area contributed by atoms with E-state index < -0.39 is 0 Å². The normalized spacial score (nSPS) is 19.0. The van der Waals surface area contributed by atoms with E-state index in [1.165, 1.54) is 16.7 Å². The van der Waals surface area contributed by atoms with Crippen molar-refractivity contribution in [3.8, 4) is 22.3 Å². The summed E-state index contributed by atoms with van der Waals surface area (Å²) in [6.45, 7) is 2.30. The van der Waals surface area contributed by atoms with Gasteiger partial charge >= 0.3 is 0 Å². The molecule has 0 fully saturated rings. The largest absolute Gasteiger partial charge is 0.280 e. The fourth-order valence-corrected chi connectivity index (χ4v) is 6.26. The molecule has 5 aromatic carbocycles. The lowest BCUT2D eigenvalue weighted by Gasteiger charge is -2.35. The summed E-state index contributed by atoms with van der Waals surface area (Å²) in [6, 6.07) is 46.6. The third-order valence-electron chi connectivity index (χ3n) is 8.66. The van der Waals surface area contributed by atoms with Crippen LogP contribution in [-0.2, 0) is 5.41 Å². The van der Waals surface area contributed by atoms with E-state index in [2.05, 4.69) is 168 Å². The highest BCUT2D eigenvalue weighted by atomic mass is 15.6. The first-order valence-electron chi connectivity index (χ1n) is 15.0. The number of anilines is 1. The van der Waals surface area contributed by atoms with Gasteiger partial charge in [-0.1, -0.05) is 152 Å². The summed E-state index contributed by atoms with van der Waals surface area (Å²) in [5.41, 5.74) is 12.7. The Kier molecular flexibility index (Phi) is 7.25. The average Bonchev–Trinajstić information content (AvgIpc) is 3.35. The van der Waals surface area contributed by atoms with Gasteiger partial charge < -0.3 is 0 Å². The Hall–Kier alpha value is -5.48. The van der Waals surface area contributed by atoms with Gasteiger partial charge in [0, 0.05) is 23.6 Å². The SMILES string of the molecule is CN=C(N=C(NN1c2ccccc2C2(C)C=CC=CC12)c1ccc(-c2ccccc2)cc1)c1ccc(-c2ccccc2)cc1. The first-order chi connectivity index (χ1) is 21.6. The monoisotopic (exact) mass is 570 g/mol. The van der Waals surface area contributed by atoms with Gasteiger partial charge in [0.1, 0.15) is 0 Å². The Labute approximate surface area is 259 Å². The molecule has 214 valence electrons. The van der Waals surface area contributed by atoms with Crippen LogP contribution in [0.4, 0.5) is 5.69 Å². The molecule has 0 spiro atoms. The van der Waals surface area contributed by atoms with Crippen LogP contribution in [0.15, 0.2) is 168 Å². The van der Waals surface area contributed by atoms with Crippen molar-refractivity contribution in [2.45, 2.75) is 18.4 Å². The van der Waals surface area contributed by atoms with Crippen molar-refractivity contribution in [2.24, 2.45) is 9.98 Å². The van der Waals surface area contributed by atoms with Gasteiger partial charge in [0.2, 0.25) is 0 Å². The van der Waals surface area contributed by atoms with E-state index in [1.807, 2.05) is 12.1 Å². The van der Waals surface area contributed by atoms with Crippen LogP contribution in [0.25, 0.3) is 22.3 Å². The topological polar surface area (TPSA) is 40.0 Å². The second-order valence-corrected chi connectivity index (χ2v) is 11.4. The lowest BCUT2D eigenvalue weighted by molar-refractivity contribution is 0.512. The van der Waals surface area contributed by atoms with Crippen LogP contribution in [-0.4, -0.2) is 24.8 Å². The van der Waals surface area contributed by atoms with Crippen LogP contribution in [0.2, 0.25) is 0 Å². The number of amidine groups is 2. The molecule has 7 rings (SSSR count). The van der Waals surface area contributed by atoms with Crippen LogP contribution >= 0.6 is 0 Å². The molecule has 0 saturated carbocycles. The van der Waals surface area contributed by atoms with Crippen molar-refractivity contribution in [1.82, 2.24) is 5.43 Å². The number of hydrogen-bond acceptors (Lipinski definition) is 2. The summed E-state index contributed by atoms with van der Waals surface area (Å²) in [7, 11) is 1.80. The Bertz CT molecular complexity index is 1890. The molecule has 2 unspecified atom stereocenters. The third-order valence-corrected chi connectivity index (χ3v) is 8.66. The van der Waals surface area contributed by atoms with E-state index in [-0.39, 0.29) is 11.5 Å². The summed E-state index contributed by atoms with van der Waals surface area (Å²) >= 11 is 0. The zero-order valence-electron chi connectivity index (χ0n) is 24.9. The number of nitrogens with zero attached hydrogens (tertiary/aromatic N) is 3. The van der Waals surface area contributed by atoms with E-state index in [0.717, 1.165) is 33.8 Å². The fourth-order valence-electron chi connectivity index (χ4n) is 6.26. The van der Waals surface area contributed by atoms with Gasteiger partial charge in [0.15, 0.2) is 11.7 Å². The summed E-state index contributed by atoms with van der Waals surface area (Å²) < 4.78 is 0. The maximum Gasteiger partial charge on any atom is 0.156 e. The molecule has 1 N–H and O–H groups in total. The van der Waals surface area contributed by atoms with Crippen molar-refractivity contribution in [3.63, 3.8) is 0 Å². The van der Waals surface area contributed by atoms with Crippen molar-refractivity contribution < 1.29 is 0 Å². The highest BCUT2D eigenvalue weighted by molar-refractivity contribution is 6.12. The molecule has 4 nitrogen and oxygen atoms in total. The number of para-hydroxylation sites is 1. The summed E-state index contributed by atoms with van der Waals surface area (Å²) in [6.07, 6.45) is 8.85. The summed E-state index contributed by atoms with van der Waals surface area (Å²) in [4.78, 5) is 9.86. The van der Waals surface area contributed by atoms with Gasteiger partial charge in [-0.3, -0.25) is 15.4 Å². The van der Waals surface area contributed by atoms with Gasteiger partial charge in [-0.05, 0) is 40.8 Å². The van der Waals surface area contributed by atoms with Gasteiger partial charge in [0.25, 0.3) is 0 Å². The number of benzene rings is 5. The molecule has 2 aliphatic rings. The van der Waals surface area contributed by atoms with Gasteiger partial charge in [0.05, 0.1) is 11.7 Å². The molecule has 0 bridgehead atoms. The molecule has 1 aliphatic heterocycles. The van der Waals surface area contributed by atoms with Crippen LogP contribution in [0.1, 0.15) is 23.6 Å². The van der Waals surface area contributed by atoms with Gasteiger partial charge in [-0.25, -0.2) is 4.99 Å². The molecule has 1 aliphatic carbocycles. The van der Waals surface area contributed by atoms with Gasteiger partial charge in [-0.15, -0.1) is 0 Å². The molecule has 1 heterocycles. The lowest BCUT2D eigenvalue weighted by atomic mass is 9.76. The molecule has 0 saturated heterocycles. The fraction of sp³-hybridized carbons (Fsp3) is 0.100. The molecule has 0 radical (unpaired) electrons. The van der Waals surface area contributed by atoms with Crippen LogP contribution < -0.4 is 10.4 Å². The number of allylic oxidation sites excluding steroid dienone is 2. The minimum absolute atomic E-state index is 0.0888. The van der Waals surface area contributed by atoms with Gasteiger partial charge in [-0.2, -0.15) is 0 Å². The Morgan fingerprint density at radius 3 is 1.80 bits per heavy atom. The molecule has 4 heteroatoms. The summed E-state index contributed by atoms with van der Waals surface area (Å²) in [5.74, 6) is 1.40. The van der Waals surface area contributed by atoms with Crippen molar-refractivity contribution in [1.29, 1.82) is 0 Å². The zero-order chi connectivity index (χ0) is 29.9. The van der Waals surface area contributed by atoms with Crippen molar-refractivity contribution in [3.05, 3.63) is 174 Å². The summed E-state index contributed by atoms with van der Waals surface area (Å²) in [5, 5.41) is 2.26. The zero-order valence-corrected chi connectivity index (χ0v) is 24.9. The number of rotatable bonds is 5. The number of hydrogen-bond donors (Lipinski definition) is 1. The molecular formula is C40H34N4. The predicted octanol–water partition coefficient (Wildman–Crippen LogP) is 8.62. The van der Waals surface area contributed by atoms with E-state index in [0.29, 0.717) is 5.84 Å². The van der Waals surface area contributed by atoms with E-state index in [4.69, 9.17) is 4.99 Å². The highest BCUT2D eigenvalue weighted by Gasteiger charge is 2.46. The number of nitrogens with one attached hydrogen (secondary N) is 1. The molecule has 44 heavy (non-hydrogen) atoms. The standard InChI is InChI=1S/C40H34N4/c1-40-28-12-11-19-37(40)44(36-18-10-9-17-35(36)40)43-39(34-26-22-32(23-27-34)30-15-7-4-8-16-30)42-38(41-2)33-24-20-31(21-25-33)29-13-5-3-6-14-29/h3-28,37H,1-2H3,(H,41,42,43). The predicted molar refractivity (Wildman–Crippen MR) is 184 cm³/mol. The number of fused-ring (bicyclic) bond motifs is 3. The van der Waals surface area contributed by atoms with E-state index >= 15 is 0 Å². The molecule has 2 atom stereocenters. The molecule has 5 aromatic rings.